The van der Waals surface area contributed by atoms with Gasteiger partial charge in [-0.15, -0.1) is 0 Å². The van der Waals surface area contributed by atoms with Gasteiger partial charge in [-0.3, -0.25) is 9.63 Å². The Balaban J connectivity index is 0. The van der Waals surface area contributed by atoms with Gasteiger partial charge in [0.1, 0.15) is 12.1 Å². The summed E-state index contributed by atoms with van der Waals surface area (Å²) in [6, 6.07) is 0. The Hall–Kier alpha value is -1.30. The van der Waals surface area contributed by atoms with E-state index in [2.05, 4.69) is 30.9 Å². The van der Waals surface area contributed by atoms with Gasteiger partial charge in [0.2, 0.25) is 0 Å². The lowest BCUT2D eigenvalue weighted by molar-refractivity contribution is -0.167. The number of nitrogens with one attached hydrogen (secondary N) is 1. The number of hydroxylamine groups is 2. The van der Waals surface area contributed by atoms with E-state index in [1.807, 2.05) is 0 Å². The van der Waals surface area contributed by atoms with Crippen molar-refractivity contribution in [2.45, 2.75) is 47.1 Å². The van der Waals surface area contributed by atoms with E-state index >= 15 is 0 Å². The van der Waals surface area contributed by atoms with E-state index in [0.717, 1.165) is 11.0 Å². The van der Waals surface area contributed by atoms with Gasteiger partial charge in [-0.05, 0) is 26.7 Å². The molecule has 0 spiro atoms. The first-order chi connectivity index (χ1) is 8.49. The molecule has 0 saturated carbocycles. The standard InChI is InChI=1S/C9H18N2O4.C4H10/c1-9(2,3)15-8(13)10-6-7(12)11(4)14-5;1-4(2)3/h6H2,1-5H3,(H,10,13);4H,1-3H3. The number of carbonyl (C=O) groups excluding carboxylic acids is 2. The van der Waals surface area contributed by atoms with Crippen LogP contribution in [0, 0.1) is 5.92 Å². The lowest BCUT2D eigenvalue weighted by Gasteiger charge is -2.20. The number of rotatable bonds is 3. The van der Waals surface area contributed by atoms with Crippen LogP contribution in [-0.4, -0.2) is 43.4 Å². The van der Waals surface area contributed by atoms with Crippen molar-refractivity contribution in [2.75, 3.05) is 20.7 Å². The third kappa shape index (κ3) is 16.7. The predicted octanol–water partition coefficient (Wildman–Crippen LogP) is 2.19. The van der Waals surface area contributed by atoms with Crippen molar-refractivity contribution in [2.24, 2.45) is 5.92 Å². The Morgan fingerprint density at radius 3 is 1.95 bits per heavy atom. The van der Waals surface area contributed by atoms with Crippen molar-refractivity contribution in [3.05, 3.63) is 0 Å². The van der Waals surface area contributed by atoms with Crippen LogP contribution in [-0.2, 0) is 14.4 Å². The summed E-state index contributed by atoms with van der Waals surface area (Å²) in [5, 5.41) is 3.35. The van der Waals surface area contributed by atoms with Crippen LogP contribution in [0.25, 0.3) is 0 Å². The van der Waals surface area contributed by atoms with Crippen molar-refractivity contribution in [1.82, 2.24) is 10.4 Å². The van der Waals surface area contributed by atoms with Crippen molar-refractivity contribution >= 4 is 12.0 Å². The summed E-state index contributed by atoms with van der Waals surface area (Å²) >= 11 is 0. The number of hydrogen-bond donors (Lipinski definition) is 1. The molecule has 0 heterocycles. The Kier molecular flexibility index (Phi) is 10.1. The second-order valence-corrected chi connectivity index (χ2v) is 5.66. The first-order valence-corrected chi connectivity index (χ1v) is 6.27. The zero-order valence-corrected chi connectivity index (χ0v) is 13.4. The Labute approximate surface area is 116 Å². The highest BCUT2D eigenvalue weighted by atomic mass is 16.7. The minimum atomic E-state index is -0.625. The smallest absolute Gasteiger partial charge is 0.408 e. The van der Waals surface area contributed by atoms with E-state index < -0.39 is 11.7 Å². The van der Waals surface area contributed by atoms with E-state index in [4.69, 9.17) is 4.74 Å². The molecular weight excluding hydrogens is 248 g/mol. The zero-order chi connectivity index (χ0) is 15.6. The third-order valence-electron chi connectivity index (χ3n) is 1.41. The van der Waals surface area contributed by atoms with Crippen LogP contribution in [0.2, 0.25) is 0 Å². The lowest BCUT2D eigenvalue weighted by Crippen LogP contribution is -2.40. The van der Waals surface area contributed by atoms with E-state index in [9.17, 15) is 9.59 Å². The van der Waals surface area contributed by atoms with Gasteiger partial charge >= 0.3 is 6.09 Å². The summed E-state index contributed by atoms with van der Waals surface area (Å²) in [6.07, 6.45) is -0.625. The third-order valence-corrected chi connectivity index (χ3v) is 1.41. The Morgan fingerprint density at radius 2 is 1.63 bits per heavy atom. The van der Waals surface area contributed by atoms with Crippen molar-refractivity contribution in [3.63, 3.8) is 0 Å². The molecule has 1 N–H and O–H groups in total. The summed E-state index contributed by atoms with van der Waals surface area (Å²) < 4.78 is 4.94. The molecule has 0 aromatic heterocycles. The molecule has 0 aromatic carbocycles. The van der Waals surface area contributed by atoms with Gasteiger partial charge in [-0.2, -0.15) is 0 Å². The SMILES string of the molecule is CC(C)C.CON(C)C(=O)CNC(=O)OC(C)(C)C. The fourth-order valence-corrected chi connectivity index (χ4v) is 0.675. The van der Waals surface area contributed by atoms with Gasteiger partial charge in [0, 0.05) is 7.05 Å². The number of hydrogen-bond acceptors (Lipinski definition) is 4. The molecule has 19 heavy (non-hydrogen) atoms. The maximum absolute atomic E-state index is 11.2. The Morgan fingerprint density at radius 1 is 1.21 bits per heavy atom. The number of alkyl carbamates (subject to hydrolysis) is 1. The van der Waals surface area contributed by atoms with Crippen molar-refractivity contribution in [3.8, 4) is 0 Å². The highest BCUT2D eigenvalue weighted by Gasteiger charge is 2.17. The molecule has 0 unspecified atom stereocenters. The molecule has 0 radical (unpaired) electrons. The normalized spacial score (nSPS) is 10.4. The van der Waals surface area contributed by atoms with Crippen LogP contribution in [0.1, 0.15) is 41.5 Å². The number of carbonyl (C=O) groups is 2. The van der Waals surface area contributed by atoms with Crippen molar-refractivity contribution in [1.29, 1.82) is 0 Å². The molecule has 114 valence electrons. The van der Waals surface area contributed by atoms with Gasteiger partial charge < -0.3 is 10.1 Å². The van der Waals surface area contributed by atoms with Gasteiger partial charge in [0.15, 0.2) is 0 Å². The van der Waals surface area contributed by atoms with Crippen LogP contribution in [0.15, 0.2) is 0 Å². The monoisotopic (exact) mass is 276 g/mol. The van der Waals surface area contributed by atoms with Crippen LogP contribution < -0.4 is 5.32 Å². The molecule has 0 aliphatic heterocycles. The molecule has 0 aliphatic rings. The molecule has 0 aromatic rings. The van der Waals surface area contributed by atoms with Crippen LogP contribution in [0.3, 0.4) is 0 Å². The lowest BCUT2D eigenvalue weighted by atomic mass is 10.2. The predicted molar refractivity (Wildman–Crippen MR) is 74.5 cm³/mol. The van der Waals surface area contributed by atoms with Gasteiger partial charge in [-0.1, -0.05) is 20.8 Å². The van der Waals surface area contributed by atoms with E-state index in [0.29, 0.717) is 0 Å². The molecule has 6 heteroatoms. The molecule has 0 aliphatic carbocycles. The minimum absolute atomic E-state index is 0.154. The quantitative estimate of drug-likeness (QED) is 0.802. The zero-order valence-electron chi connectivity index (χ0n) is 13.4. The summed E-state index contributed by atoms with van der Waals surface area (Å²) in [4.78, 5) is 26.9. The van der Waals surface area contributed by atoms with E-state index in [1.54, 1.807) is 20.8 Å². The second kappa shape index (κ2) is 9.61. The first-order valence-electron chi connectivity index (χ1n) is 6.27. The highest BCUT2D eigenvalue weighted by molar-refractivity contribution is 5.81. The fourth-order valence-electron chi connectivity index (χ4n) is 0.675. The molecule has 0 saturated heterocycles. The molecule has 2 amide bonds. The second-order valence-electron chi connectivity index (χ2n) is 5.66. The van der Waals surface area contributed by atoms with E-state index in [-0.39, 0.29) is 12.5 Å². The topological polar surface area (TPSA) is 67.9 Å². The van der Waals surface area contributed by atoms with Gasteiger partial charge in [-0.25, -0.2) is 9.86 Å². The summed E-state index contributed by atoms with van der Waals surface area (Å²) in [7, 11) is 2.82. The molecule has 0 fully saturated rings. The number of amides is 2. The number of ether oxygens (including phenoxy) is 1. The van der Waals surface area contributed by atoms with Gasteiger partial charge in [0.25, 0.3) is 5.91 Å². The fraction of sp³-hybridized carbons (Fsp3) is 0.846. The van der Waals surface area contributed by atoms with Crippen molar-refractivity contribution < 1.29 is 19.2 Å². The largest absolute Gasteiger partial charge is 0.444 e. The maximum atomic E-state index is 11.2. The Bertz CT molecular complexity index is 270. The average Bonchev–Trinajstić information content (AvgIpc) is 2.21. The van der Waals surface area contributed by atoms with E-state index in [1.165, 1.54) is 14.2 Å². The molecular formula is C13H28N2O4. The summed E-state index contributed by atoms with van der Waals surface area (Å²) in [5.41, 5.74) is -0.569. The van der Waals surface area contributed by atoms with Crippen LogP contribution in [0.4, 0.5) is 4.79 Å². The van der Waals surface area contributed by atoms with Crippen LogP contribution >= 0.6 is 0 Å². The first kappa shape index (κ1) is 20.0. The molecule has 0 atom stereocenters. The minimum Gasteiger partial charge on any atom is -0.444 e. The highest BCUT2D eigenvalue weighted by Crippen LogP contribution is 2.06. The summed E-state index contributed by atoms with van der Waals surface area (Å²) in [6.45, 7) is 11.6. The number of nitrogens with zero attached hydrogens (tertiary/aromatic N) is 1. The molecule has 6 nitrogen and oxygen atoms in total. The summed E-state index contributed by atoms with van der Waals surface area (Å²) in [5.74, 6) is 0.475. The maximum Gasteiger partial charge on any atom is 0.408 e. The van der Waals surface area contributed by atoms with Crippen LogP contribution in [0.5, 0.6) is 0 Å². The average molecular weight is 276 g/mol. The molecule has 0 rings (SSSR count). The van der Waals surface area contributed by atoms with Gasteiger partial charge in [0.05, 0.1) is 7.11 Å². The molecule has 0 bridgehead atoms. The number of likely N-dealkylation sites (N-methyl/N-ethyl adjacent to an activating group) is 1.